The summed E-state index contributed by atoms with van der Waals surface area (Å²) in [5.74, 6) is 0. The predicted octanol–water partition coefficient (Wildman–Crippen LogP) is 7.67. The van der Waals surface area contributed by atoms with Gasteiger partial charge in [0.25, 0.3) is 0 Å². The zero-order chi connectivity index (χ0) is 20.9. The third kappa shape index (κ3) is 8.90. The monoisotopic (exact) mass is 421 g/mol. The lowest BCUT2D eigenvalue weighted by Crippen LogP contribution is -2.14. The second-order valence-electron chi connectivity index (χ2n) is 8.20. The molecule has 4 nitrogen and oxygen atoms in total. The molecule has 2 aromatic rings. The minimum absolute atomic E-state index is 0.0108. The van der Waals surface area contributed by atoms with Crippen LogP contribution in [-0.2, 0) is 6.42 Å². The smallest absolute Gasteiger partial charge is 0.398 e. The topological polar surface area (TPSA) is 52.3 Å². The predicted molar refractivity (Wildman–Crippen MR) is 123 cm³/mol. The zero-order valence-electron chi connectivity index (χ0n) is 18.6. The van der Waals surface area contributed by atoms with Gasteiger partial charge in [-0.1, -0.05) is 78.1 Å². The maximum absolute atomic E-state index is 12.3. The molecule has 0 saturated heterocycles. The van der Waals surface area contributed by atoms with Gasteiger partial charge in [0.1, 0.15) is 10.9 Å². The number of unbranched alkanes of at least 4 members (excludes halogenated alkanes) is 10. The molecule has 1 atom stereocenters. The number of thiophene rings is 1. The fraction of sp³-hybridized carbons (Fsp3) is 0.750. The molecule has 2 aromatic heterocycles. The van der Waals surface area contributed by atoms with Crippen molar-refractivity contribution in [2.75, 3.05) is 0 Å². The Bertz CT molecular complexity index is 752. The summed E-state index contributed by atoms with van der Waals surface area (Å²) < 4.78 is 11.1. The molecule has 5 heteroatoms. The van der Waals surface area contributed by atoms with Crippen molar-refractivity contribution >= 4 is 21.6 Å². The number of aromatic nitrogens is 1. The molecular weight excluding hydrogens is 382 g/mol. The molecule has 0 saturated carbocycles. The Morgan fingerprint density at radius 1 is 0.966 bits per heavy atom. The van der Waals surface area contributed by atoms with Crippen LogP contribution in [0.2, 0.25) is 0 Å². The normalized spacial score (nSPS) is 12.5. The first kappa shape index (κ1) is 23.9. The van der Waals surface area contributed by atoms with Crippen LogP contribution in [0.4, 0.5) is 0 Å². The van der Waals surface area contributed by atoms with Gasteiger partial charge in [-0.3, -0.25) is 0 Å². The number of hydrogen-bond acceptors (Lipinski definition) is 5. The molecule has 0 radical (unpaired) electrons. The van der Waals surface area contributed by atoms with Gasteiger partial charge in [0.15, 0.2) is 0 Å². The molecule has 2 heterocycles. The summed E-state index contributed by atoms with van der Waals surface area (Å²) in [5, 5.41) is 0.590. The molecule has 0 aromatic carbocycles. The number of fused-ring (bicyclic) bond motifs is 1. The molecule has 0 aliphatic rings. The van der Waals surface area contributed by atoms with E-state index in [1.807, 2.05) is 13.0 Å². The lowest BCUT2D eigenvalue weighted by Gasteiger charge is -2.11. The van der Waals surface area contributed by atoms with E-state index < -0.39 is 0 Å². The summed E-state index contributed by atoms with van der Waals surface area (Å²) in [6, 6.07) is 1.96. The van der Waals surface area contributed by atoms with Crippen molar-refractivity contribution in [1.29, 1.82) is 0 Å². The maximum atomic E-state index is 12.3. The third-order valence-corrected chi connectivity index (χ3v) is 6.49. The van der Waals surface area contributed by atoms with Gasteiger partial charge in [-0.15, -0.1) is 11.3 Å². The van der Waals surface area contributed by atoms with E-state index in [-0.39, 0.29) is 17.8 Å². The Kier molecular flexibility index (Phi) is 11.4. The number of ether oxygens (including phenoxy) is 1. The first-order valence-corrected chi connectivity index (χ1v) is 12.6. The summed E-state index contributed by atoms with van der Waals surface area (Å²) in [7, 11) is 0. The highest BCUT2D eigenvalue weighted by molar-refractivity contribution is 7.18. The number of rotatable bonds is 16. The van der Waals surface area contributed by atoms with Crippen molar-refractivity contribution in [3.63, 3.8) is 0 Å². The van der Waals surface area contributed by atoms with E-state index >= 15 is 0 Å². The van der Waals surface area contributed by atoms with Gasteiger partial charge in [0.05, 0.1) is 5.39 Å². The van der Waals surface area contributed by atoms with Gasteiger partial charge in [-0.2, -0.15) is 4.98 Å². The summed E-state index contributed by atoms with van der Waals surface area (Å²) in [6.45, 7) is 6.47. The molecule has 0 aliphatic heterocycles. The van der Waals surface area contributed by atoms with Crippen LogP contribution in [-0.4, -0.2) is 11.1 Å². The van der Waals surface area contributed by atoms with Crippen LogP contribution in [0.15, 0.2) is 15.3 Å². The summed E-state index contributed by atoms with van der Waals surface area (Å²) in [4.78, 5) is 18.7. The Labute approximate surface area is 180 Å². The van der Waals surface area contributed by atoms with Crippen LogP contribution in [0.1, 0.15) is 109 Å². The largest absolute Gasteiger partial charge is 0.447 e. The minimum Gasteiger partial charge on any atom is -0.447 e. The molecular formula is C24H39NO3S. The zero-order valence-corrected chi connectivity index (χ0v) is 19.5. The second kappa shape index (κ2) is 13.8. The molecule has 164 valence electrons. The van der Waals surface area contributed by atoms with E-state index in [9.17, 15) is 4.79 Å². The SMILES string of the molecule is CCCCCCCCCCc1cc2c(=O)oc(OC(C)CCCCCC)nc2s1. The van der Waals surface area contributed by atoms with E-state index in [4.69, 9.17) is 9.15 Å². The fourth-order valence-electron chi connectivity index (χ4n) is 3.60. The van der Waals surface area contributed by atoms with Crippen molar-refractivity contribution < 1.29 is 9.15 Å². The highest BCUT2D eigenvalue weighted by Crippen LogP contribution is 2.25. The van der Waals surface area contributed by atoms with Crippen LogP contribution in [0.3, 0.4) is 0 Å². The Balaban J connectivity index is 1.80. The first-order valence-electron chi connectivity index (χ1n) is 11.7. The van der Waals surface area contributed by atoms with E-state index in [1.54, 1.807) is 11.3 Å². The van der Waals surface area contributed by atoms with Gasteiger partial charge < -0.3 is 9.15 Å². The van der Waals surface area contributed by atoms with E-state index in [0.717, 1.165) is 24.1 Å². The lowest BCUT2D eigenvalue weighted by molar-refractivity contribution is 0.143. The van der Waals surface area contributed by atoms with E-state index in [2.05, 4.69) is 18.8 Å². The number of aryl methyl sites for hydroxylation is 1. The Hall–Kier alpha value is -1.36. The van der Waals surface area contributed by atoms with Crippen molar-refractivity contribution in [1.82, 2.24) is 4.98 Å². The molecule has 0 spiro atoms. The summed E-state index contributed by atoms with van der Waals surface area (Å²) in [6.07, 6.45) is 17.4. The van der Waals surface area contributed by atoms with Gasteiger partial charge in [-0.25, -0.2) is 4.79 Å². The van der Waals surface area contributed by atoms with Crippen molar-refractivity contribution in [3.8, 4) is 6.08 Å². The van der Waals surface area contributed by atoms with E-state index in [1.165, 1.54) is 75.5 Å². The maximum Gasteiger partial charge on any atom is 0.398 e. The molecule has 1 unspecified atom stereocenters. The second-order valence-corrected chi connectivity index (χ2v) is 9.32. The van der Waals surface area contributed by atoms with Gasteiger partial charge in [0.2, 0.25) is 0 Å². The summed E-state index contributed by atoms with van der Waals surface area (Å²) >= 11 is 1.60. The van der Waals surface area contributed by atoms with Crippen LogP contribution in [0.5, 0.6) is 6.08 Å². The van der Waals surface area contributed by atoms with Crippen LogP contribution < -0.4 is 10.4 Å². The van der Waals surface area contributed by atoms with Crippen LogP contribution in [0.25, 0.3) is 10.2 Å². The highest BCUT2D eigenvalue weighted by Gasteiger charge is 2.14. The van der Waals surface area contributed by atoms with Crippen LogP contribution >= 0.6 is 11.3 Å². The standard InChI is InChI=1S/C24H39NO3S/c1-4-6-8-10-11-12-13-15-17-20-18-21-22(29-20)25-24(28-23(21)26)27-19(3)16-14-9-7-5-2/h18-19H,4-17H2,1-3H3. The van der Waals surface area contributed by atoms with Gasteiger partial charge in [0, 0.05) is 4.88 Å². The quantitative estimate of drug-likeness (QED) is 0.261. The van der Waals surface area contributed by atoms with Crippen molar-refractivity contribution in [2.24, 2.45) is 0 Å². The average molecular weight is 422 g/mol. The van der Waals surface area contributed by atoms with Gasteiger partial charge >= 0.3 is 11.7 Å². The molecule has 0 N–H and O–H groups in total. The van der Waals surface area contributed by atoms with Crippen LogP contribution in [0, 0.1) is 0 Å². The molecule has 0 fully saturated rings. The molecule has 0 bridgehead atoms. The Morgan fingerprint density at radius 3 is 2.28 bits per heavy atom. The highest BCUT2D eigenvalue weighted by atomic mass is 32.1. The first-order chi connectivity index (χ1) is 14.1. The third-order valence-electron chi connectivity index (χ3n) is 5.40. The number of nitrogens with zero attached hydrogens (tertiary/aromatic N) is 1. The molecule has 2 rings (SSSR count). The minimum atomic E-state index is -0.332. The van der Waals surface area contributed by atoms with E-state index in [0.29, 0.717) is 5.39 Å². The summed E-state index contributed by atoms with van der Waals surface area (Å²) in [5.41, 5.74) is -0.332. The van der Waals surface area contributed by atoms with Crippen molar-refractivity contribution in [3.05, 3.63) is 21.4 Å². The molecule has 29 heavy (non-hydrogen) atoms. The molecule has 0 amide bonds. The Morgan fingerprint density at radius 2 is 1.59 bits per heavy atom. The molecule has 0 aliphatic carbocycles. The fourth-order valence-corrected chi connectivity index (χ4v) is 4.64. The lowest BCUT2D eigenvalue weighted by atomic mass is 10.1. The van der Waals surface area contributed by atoms with Crippen molar-refractivity contribution in [2.45, 2.75) is 117 Å². The average Bonchev–Trinajstić information content (AvgIpc) is 3.11. The van der Waals surface area contributed by atoms with Gasteiger partial charge in [-0.05, 0) is 38.7 Å². The number of hydrogen-bond donors (Lipinski definition) is 0.